The normalized spacial score (nSPS) is 39.1. The Morgan fingerprint density at radius 1 is 0.436 bits per heavy atom. The summed E-state index contributed by atoms with van der Waals surface area (Å²) in [6.07, 6.45) is -50.9. The van der Waals surface area contributed by atoms with Gasteiger partial charge >= 0.3 is 6.09 Å². The molecule has 6 fully saturated rings. The van der Waals surface area contributed by atoms with Crippen LogP contribution in [0.1, 0.15) is 30.9 Å². The molecular formula is C59H82N4O38. The summed E-state index contributed by atoms with van der Waals surface area (Å²) in [6, 6.07) is 12.5. The number of rotatable bonds is 29. The Bertz CT molecular complexity index is 2960. The van der Waals surface area contributed by atoms with Crippen LogP contribution >= 0.6 is 0 Å². The zero-order valence-corrected chi connectivity index (χ0v) is 53.4. The number of hydrogen-bond acceptors (Lipinski definition) is 39. The molecule has 12 unspecified atom stereocenters. The molecule has 3 amide bonds. The van der Waals surface area contributed by atoms with Crippen LogP contribution in [0.4, 0.5) is 4.79 Å². The number of carbonyl (C=O) groups excluding carboxylic acids is 7. The van der Waals surface area contributed by atoms with Crippen LogP contribution in [-0.4, -0.2) is 346 Å². The summed E-state index contributed by atoms with van der Waals surface area (Å²) in [6.45, 7) is -0.337. The van der Waals surface area contributed by atoms with Crippen LogP contribution < -0.4 is 21.7 Å². The van der Waals surface area contributed by atoms with Crippen molar-refractivity contribution in [1.29, 1.82) is 0 Å². The molecule has 0 saturated carbocycles. The molecule has 6 heterocycles. The predicted octanol–water partition coefficient (Wildman–Crippen LogP) is -10.8. The first kappa shape index (κ1) is 80.1. The summed E-state index contributed by atoms with van der Waals surface area (Å²) >= 11 is 0. The lowest BCUT2D eigenvalue weighted by atomic mass is 9.95. The average Bonchev–Trinajstić information content (AvgIpc) is 1.67. The summed E-state index contributed by atoms with van der Waals surface area (Å²) in [7, 11) is 0. The number of carbonyl (C=O) groups is 7. The highest BCUT2D eigenvalue weighted by Crippen LogP contribution is 2.45. The number of aliphatic hydroxyl groups is 14. The molecule has 19 N–H and O–H groups in total. The largest absolute Gasteiger partial charge is 0.449 e. The van der Waals surface area contributed by atoms with Crippen molar-refractivity contribution in [3.8, 4) is 11.1 Å². The highest BCUT2D eigenvalue weighted by Gasteiger charge is 2.58. The van der Waals surface area contributed by atoms with Gasteiger partial charge in [-0.1, -0.05) is 48.5 Å². The average molecular weight is 1460 g/mol. The van der Waals surface area contributed by atoms with Crippen LogP contribution in [0.25, 0.3) is 11.1 Å². The van der Waals surface area contributed by atoms with Crippen molar-refractivity contribution in [2.75, 3.05) is 46.1 Å². The lowest BCUT2D eigenvalue weighted by molar-refractivity contribution is -0.389. The second-order valence-electron chi connectivity index (χ2n) is 23.4. The SMILES string of the molecule is CC(=O)NC1[C@@H](O[C@@H]2C(OC=O)O[C@@H](OCCN)C(O)[C@H]2O)OC(CO)[C@@H](O[C@@H]2OC(OC=O)[C@@H](O)[C@H](O)C2O)[C@@H]1O.CC(=O)NC1[C@@H](O[C@@H]2C(OC=O)O[C@@H](OCCNC(=O)OCC3c4ccccc4-c4ccccc43)C(O)[C@H]2O)OC(CO)[C@@H](O[C@@H]2OC(OC=O)[C@@H](O)[C@H](O)C2O)[C@@H]1O. The number of benzene rings is 2. The van der Waals surface area contributed by atoms with Gasteiger partial charge < -0.3 is 174 Å². The third-order valence-electron chi connectivity index (χ3n) is 16.8. The Morgan fingerprint density at radius 2 is 0.792 bits per heavy atom. The maximum Gasteiger partial charge on any atom is 0.407 e. The minimum absolute atomic E-state index is 0.0316. The number of alkyl carbamates (subject to hydrolysis) is 1. The van der Waals surface area contributed by atoms with Crippen molar-refractivity contribution in [1.82, 2.24) is 16.0 Å². The quantitative estimate of drug-likeness (QED) is 0.0204. The van der Waals surface area contributed by atoms with Gasteiger partial charge in [0.2, 0.25) is 37.0 Å². The molecule has 0 aromatic heterocycles. The number of nitrogens with two attached hydrogens (primary N) is 1. The third-order valence-corrected chi connectivity index (χ3v) is 16.8. The summed E-state index contributed by atoms with van der Waals surface area (Å²) in [5, 5.41) is 155. The predicted molar refractivity (Wildman–Crippen MR) is 316 cm³/mol. The van der Waals surface area contributed by atoms with Crippen molar-refractivity contribution in [2.45, 2.75) is 205 Å². The zero-order chi connectivity index (χ0) is 73.5. The van der Waals surface area contributed by atoms with Crippen LogP contribution in [-0.2, 0) is 109 Å². The molecule has 7 aliphatic rings. The molecule has 0 radical (unpaired) electrons. The van der Waals surface area contributed by atoms with Crippen LogP contribution in [0.15, 0.2) is 48.5 Å². The molecule has 0 spiro atoms. The van der Waals surface area contributed by atoms with Crippen molar-refractivity contribution >= 4 is 43.8 Å². The van der Waals surface area contributed by atoms with Gasteiger partial charge in [-0.25, -0.2) is 4.79 Å². The molecule has 2 aromatic carbocycles. The fourth-order valence-corrected chi connectivity index (χ4v) is 12.0. The first-order valence-corrected chi connectivity index (χ1v) is 31.2. The van der Waals surface area contributed by atoms with Crippen LogP contribution in [0, 0.1) is 0 Å². The van der Waals surface area contributed by atoms with E-state index in [9.17, 15) is 105 Å². The number of ether oxygens (including phenoxy) is 17. The maximum atomic E-state index is 12.6. The standard InChI is InChI=1S/C37H46N2O20.C22H36N2O18/c1-16(43)39-23-24(44)30(56-35-28(48)25(45)27(47)34(58-35)53-14-41)22(12-40)55-32(23)57-31-26(46)29(49)33(59-36(31)54-15-42)51-11-10-38-37(50)52-13-21-19-8-4-2-6-17(19)18-7-3-5-9-20(18)21;1-7(28)24-9-10(29)16(39-21-14(33)11(30)13(32)20(41-21)36-5-26)8(4-25)38-18(9)40-17-12(31)15(34)19(35-3-2-23)42-22(17)37-6-27/h2-9,14-15,21-36,40,44-49H,10-13H2,1H3,(H,38,50)(H,39,43);5-6,8-22,25,29-34H,2-4,23H2,1H3,(H,24,28)/t22?,23?,24-,25+,26-,27+,28?,29?,30-,31+,32-,33-,34?,35-,36?;8?,9?,10-,11+,12-,13+,14?,15?,16-,17+,18-,19-,20?,21-,22?/m11/s1. The Balaban J connectivity index is 0.000000272. The number of aliphatic hydroxyl groups excluding tert-OH is 14. The molecule has 6 saturated heterocycles. The molecule has 0 bridgehead atoms. The lowest BCUT2D eigenvalue weighted by Crippen LogP contribution is -2.69. The first-order chi connectivity index (χ1) is 48.4. The van der Waals surface area contributed by atoms with Gasteiger partial charge in [0.25, 0.3) is 25.9 Å². The molecule has 2 aromatic rings. The monoisotopic (exact) mass is 1450 g/mol. The minimum Gasteiger partial charge on any atom is -0.449 e. The fraction of sp³-hybridized carbons (Fsp3) is 0.678. The van der Waals surface area contributed by atoms with Gasteiger partial charge in [-0.15, -0.1) is 0 Å². The van der Waals surface area contributed by atoms with Crippen molar-refractivity contribution in [3.63, 3.8) is 0 Å². The number of nitrogens with one attached hydrogen (secondary N) is 3. The van der Waals surface area contributed by atoms with E-state index < -0.39 is 216 Å². The molecule has 9 rings (SSSR count). The number of fused-ring (bicyclic) bond motifs is 3. The highest BCUT2D eigenvalue weighted by atomic mass is 16.8. The summed E-state index contributed by atoms with van der Waals surface area (Å²) in [5.41, 5.74) is 9.55. The van der Waals surface area contributed by atoms with Crippen molar-refractivity contribution < 1.29 is 186 Å². The molecular weight excluding hydrogens is 1370 g/mol. The molecule has 30 atom stereocenters. The third kappa shape index (κ3) is 18.9. The smallest absolute Gasteiger partial charge is 0.407 e. The van der Waals surface area contributed by atoms with E-state index in [0.717, 1.165) is 36.1 Å². The molecule has 42 heteroatoms. The van der Waals surface area contributed by atoms with E-state index in [2.05, 4.69) is 25.4 Å². The van der Waals surface area contributed by atoms with Gasteiger partial charge in [0.15, 0.2) is 49.9 Å². The Kier molecular flexibility index (Phi) is 29.5. The van der Waals surface area contributed by atoms with Crippen LogP contribution in [0.2, 0.25) is 0 Å². The van der Waals surface area contributed by atoms with Gasteiger partial charge in [-0.05, 0) is 22.3 Å². The van der Waals surface area contributed by atoms with E-state index in [1.807, 2.05) is 48.5 Å². The lowest BCUT2D eigenvalue weighted by Gasteiger charge is -2.48. The van der Waals surface area contributed by atoms with E-state index in [1.165, 1.54) is 0 Å². The summed E-state index contributed by atoms with van der Waals surface area (Å²) in [4.78, 5) is 81.1. The van der Waals surface area contributed by atoms with Crippen LogP contribution in [0.3, 0.4) is 0 Å². The molecule has 101 heavy (non-hydrogen) atoms. The van der Waals surface area contributed by atoms with E-state index in [0.29, 0.717) is 0 Å². The van der Waals surface area contributed by atoms with E-state index in [4.69, 9.17) is 76.8 Å². The minimum atomic E-state index is -1.98. The Morgan fingerprint density at radius 3 is 1.18 bits per heavy atom. The van der Waals surface area contributed by atoms with Gasteiger partial charge in [-0.3, -0.25) is 28.8 Å². The van der Waals surface area contributed by atoms with E-state index in [-0.39, 0.29) is 64.7 Å². The van der Waals surface area contributed by atoms with Gasteiger partial charge in [0.1, 0.15) is 116 Å². The van der Waals surface area contributed by atoms with Crippen molar-refractivity contribution in [2.24, 2.45) is 5.73 Å². The Hall–Kier alpha value is -6.55. The molecule has 42 nitrogen and oxygen atoms in total. The van der Waals surface area contributed by atoms with Crippen molar-refractivity contribution in [3.05, 3.63) is 59.7 Å². The number of hydrogen-bond donors (Lipinski definition) is 18. The van der Waals surface area contributed by atoms with Gasteiger partial charge in [0, 0.05) is 32.9 Å². The number of amides is 3. The summed E-state index contributed by atoms with van der Waals surface area (Å²) in [5.74, 6) is -1.64. The Labute approximate surface area is 571 Å². The fourth-order valence-electron chi connectivity index (χ4n) is 12.0. The summed E-state index contributed by atoms with van der Waals surface area (Å²) < 4.78 is 90.7. The zero-order valence-electron chi connectivity index (χ0n) is 53.4. The molecule has 6 aliphatic heterocycles. The molecule has 566 valence electrons. The maximum absolute atomic E-state index is 12.6. The van der Waals surface area contributed by atoms with E-state index >= 15 is 0 Å². The van der Waals surface area contributed by atoms with Gasteiger partial charge in [0.05, 0.1) is 26.4 Å². The first-order valence-electron chi connectivity index (χ1n) is 31.2. The van der Waals surface area contributed by atoms with E-state index in [1.54, 1.807) is 0 Å². The second-order valence-corrected chi connectivity index (χ2v) is 23.4. The highest BCUT2D eigenvalue weighted by molar-refractivity contribution is 5.79. The second kappa shape index (κ2) is 37.2. The van der Waals surface area contributed by atoms with Gasteiger partial charge in [-0.2, -0.15) is 0 Å². The van der Waals surface area contributed by atoms with Crippen LogP contribution in [0.5, 0.6) is 0 Å². The topological polar surface area (TPSA) is 622 Å². The molecule has 1 aliphatic carbocycles.